The zero-order chi connectivity index (χ0) is 11.6. The first kappa shape index (κ1) is 11.9. The van der Waals surface area contributed by atoms with E-state index in [2.05, 4.69) is 24.8 Å². The Morgan fingerprint density at radius 1 is 1.44 bits per heavy atom. The van der Waals surface area contributed by atoms with E-state index >= 15 is 0 Å². The van der Waals surface area contributed by atoms with Crippen LogP contribution in [0.4, 0.5) is 0 Å². The fourth-order valence-corrected chi connectivity index (χ4v) is 2.82. The van der Waals surface area contributed by atoms with Gasteiger partial charge in [-0.05, 0) is 46.1 Å². The zero-order valence-corrected chi connectivity index (χ0v) is 10.4. The van der Waals surface area contributed by atoms with Gasteiger partial charge in [-0.15, -0.1) is 0 Å². The van der Waals surface area contributed by atoms with Crippen LogP contribution in [-0.4, -0.2) is 36.2 Å². The smallest absolute Gasteiger partial charge is 0.0710 e. The second kappa shape index (κ2) is 4.73. The SMILES string of the molecule is CC1(C)CCC(CN2CCCC(C#N)C2)O1. The van der Waals surface area contributed by atoms with Crippen LogP contribution in [0.5, 0.6) is 0 Å². The van der Waals surface area contributed by atoms with Gasteiger partial charge in [0, 0.05) is 13.1 Å². The maximum atomic E-state index is 8.94. The summed E-state index contributed by atoms with van der Waals surface area (Å²) < 4.78 is 6.00. The van der Waals surface area contributed by atoms with Crippen molar-refractivity contribution in [3.8, 4) is 6.07 Å². The number of nitrogens with zero attached hydrogens (tertiary/aromatic N) is 2. The average Bonchev–Trinajstić information content (AvgIpc) is 2.58. The van der Waals surface area contributed by atoms with Crippen molar-refractivity contribution in [2.45, 2.75) is 51.2 Å². The monoisotopic (exact) mass is 222 g/mol. The van der Waals surface area contributed by atoms with Gasteiger partial charge >= 0.3 is 0 Å². The molecule has 2 aliphatic heterocycles. The van der Waals surface area contributed by atoms with Gasteiger partial charge in [-0.1, -0.05) is 0 Å². The van der Waals surface area contributed by atoms with E-state index in [1.807, 2.05) is 0 Å². The molecule has 2 unspecified atom stereocenters. The van der Waals surface area contributed by atoms with Gasteiger partial charge in [-0.2, -0.15) is 5.26 Å². The van der Waals surface area contributed by atoms with Crippen LogP contribution in [0, 0.1) is 17.2 Å². The standard InChI is InChI=1S/C13H22N2O/c1-13(2)6-5-12(16-13)10-15-7-3-4-11(8-14)9-15/h11-12H,3-7,9-10H2,1-2H3. The average molecular weight is 222 g/mol. The summed E-state index contributed by atoms with van der Waals surface area (Å²) >= 11 is 0. The molecule has 0 bridgehead atoms. The van der Waals surface area contributed by atoms with Crippen molar-refractivity contribution >= 4 is 0 Å². The van der Waals surface area contributed by atoms with E-state index in [4.69, 9.17) is 10.00 Å². The third kappa shape index (κ3) is 2.96. The maximum absolute atomic E-state index is 8.94. The molecule has 2 heterocycles. The Hall–Kier alpha value is -0.590. The Morgan fingerprint density at radius 2 is 2.25 bits per heavy atom. The van der Waals surface area contributed by atoms with Gasteiger partial charge in [-0.25, -0.2) is 0 Å². The Bertz CT molecular complexity index is 282. The highest BCUT2D eigenvalue weighted by atomic mass is 16.5. The molecule has 0 spiro atoms. The zero-order valence-electron chi connectivity index (χ0n) is 10.4. The lowest BCUT2D eigenvalue weighted by molar-refractivity contribution is -0.0317. The van der Waals surface area contributed by atoms with E-state index in [-0.39, 0.29) is 11.5 Å². The van der Waals surface area contributed by atoms with Gasteiger partial charge in [0.15, 0.2) is 0 Å². The van der Waals surface area contributed by atoms with Crippen LogP contribution >= 0.6 is 0 Å². The number of hydrogen-bond acceptors (Lipinski definition) is 3. The molecule has 0 aliphatic carbocycles. The van der Waals surface area contributed by atoms with Crippen molar-refractivity contribution in [3.05, 3.63) is 0 Å². The summed E-state index contributed by atoms with van der Waals surface area (Å²) in [7, 11) is 0. The molecule has 0 aromatic heterocycles. The van der Waals surface area contributed by atoms with E-state index in [0.29, 0.717) is 6.10 Å². The van der Waals surface area contributed by atoms with Gasteiger partial charge in [0.1, 0.15) is 0 Å². The fourth-order valence-electron chi connectivity index (χ4n) is 2.82. The highest BCUT2D eigenvalue weighted by molar-refractivity contribution is 4.90. The van der Waals surface area contributed by atoms with Crippen molar-refractivity contribution in [1.82, 2.24) is 4.90 Å². The lowest BCUT2D eigenvalue weighted by atomic mass is 9.99. The summed E-state index contributed by atoms with van der Waals surface area (Å²) in [4.78, 5) is 2.41. The molecule has 0 radical (unpaired) electrons. The summed E-state index contributed by atoms with van der Waals surface area (Å²) in [6.07, 6.45) is 4.94. The highest BCUT2D eigenvalue weighted by Gasteiger charge is 2.33. The van der Waals surface area contributed by atoms with Crippen molar-refractivity contribution < 1.29 is 4.74 Å². The minimum Gasteiger partial charge on any atom is -0.371 e. The van der Waals surface area contributed by atoms with E-state index < -0.39 is 0 Å². The molecule has 90 valence electrons. The summed E-state index contributed by atoms with van der Waals surface area (Å²) in [5.41, 5.74) is 0.0646. The first-order chi connectivity index (χ1) is 7.59. The molecule has 2 atom stereocenters. The van der Waals surface area contributed by atoms with Crippen LogP contribution in [0.15, 0.2) is 0 Å². The molecule has 0 amide bonds. The molecule has 16 heavy (non-hydrogen) atoms. The van der Waals surface area contributed by atoms with E-state index in [1.54, 1.807) is 0 Å². The molecule has 2 saturated heterocycles. The van der Waals surface area contributed by atoms with E-state index in [0.717, 1.165) is 38.9 Å². The normalized spacial score (nSPS) is 34.8. The van der Waals surface area contributed by atoms with E-state index in [1.165, 1.54) is 6.42 Å². The summed E-state index contributed by atoms with van der Waals surface area (Å²) in [5.74, 6) is 0.239. The number of hydrogen-bond donors (Lipinski definition) is 0. The molecule has 2 fully saturated rings. The molecular weight excluding hydrogens is 200 g/mol. The van der Waals surface area contributed by atoms with Crippen LogP contribution < -0.4 is 0 Å². The van der Waals surface area contributed by atoms with Gasteiger partial charge in [0.2, 0.25) is 0 Å². The lowest BCUT2D eigenvalue weighted by Crippen LogP contribution is -2.40. The molecule has 2 aliphatic rings. The summed E-state index contributed by atoms with van der Waals surface area (Å²) in [6, 6.07) is 2.39. The molecule has 0 aromatic rings. The topological polar surface area (TPSA) is 36.3 Å². The van der Waals surface area contributed by atoms with Crippen LogP contribution in [0.3, 0.4) is 0 Å². The molecule has 3 heteroatoms. The lowest BCUT2D eigenvalue weighted by Gasteiger charge is -2.31. The highest BCUT2D eigenvalue weighted by Crippen LogP contribution is 2.30. The third-order valence-electron chi connectivity index (χ3n) is 3.70. The predicted octanol–water partition coefficient (Wildman–Crippen LogP) is 2.18. The van der Waals surface area contributed by atoms with Crippen LogP contribution in [-0.2, 0) is 4.74 Å². The van der Waals surface area contributed by atoms with Crippen molar-refractivity contribution in [2.75, 3.05) is 19.6 Å². The fraction of sp³-hybridized carbons (Fsp3) is 0.923. The van der Waals surface area contributed by atoms with Gasteiger partial charge < -0.3 is 4.74 Å². The first-order valence-electron chi connectivity index (χ1n) is 6.39. The van der Waals surface area contributed by atoms with Crippen molar-refractivity contribution in [3.63, 3.8) is 0 Å². The second-order valence-electron chi connectivity index (χ2n) is 5.77. The Labute approximate surface area is 98.4 Å². The van der Waals surface area contributed by atoms with E-state index in [9.17, 15) is 0 Å². The van der Waals surface area contributed by atoms with Crippen LogP contribution in [0.25, 0.3) is 0 Å². The quantitative estimate of drug-likeness (QED) is 0.718. The molecular formula is C13H22N2O. The molecule has 3 nitrogen and oxygen atoms in total. The molecule has 0 aromatic carbocycles. The number of piperidine rings is 1. The largest absolute Gasteiger partial charge is 0.371 e. The third-order valence-corrected chi connectivity index (χ3v) is 3.70. The predicted molar refractivity (Wildman–Crippen MR) is 63.0 cm³/mol. The van der Waals surface area contributed by atoms with Crippen LogP contribution in [0.2, 0.25) is 0 Å². The van der Waals surface area contributed by atoms with Gasteiger partial charge in [0.25, 0.3) is 0 Å². The number of nitriles is 1. The molecule has 2 rings (SSSR count). The molecule has 0 N–H and O–H groups in total. The summed E-state index contributed by atoms with van der Waals surface area (Å²) in [6.45, 7) is 7.43. The minimum absolute atomic E-state index is 0.0646. The first-order valence-corrected chi connectivity index (χ1v) is 6.39. The Balaban J connectivity index is 1.80. The van der Waals surface area contributed by atoms with Crippen molar-refractivity contribution in [2.24, 2.45) is 5.92 Å². The Kier molecular flexibility index (Phi) is 3.51. The van der Waals surface area contributed by atoms with Crippen LogP contribution in [0.1, 0.15) is 39.5 Å². The minimum atomic E-state index is 0.0646. The number of rotatable bonds is 2. The number of likely N-dealkylation sites (tertiary alicyclic amines) is 1. The van der Waals surface area contributed by atoms with Crippen molar-refractivity contribution in [1.29, 1.82) is 5.26 Å². The maximum Gasteiger partial charge on any atom is 0.0710 e. The van der Waals surface area contributed by atoms with Gasteiger partial charge in [0.05, 0.1) is 23.7 Å². The Morgan fingerprint density at radius 3 is 2.88 bits per heavy atom. The second-order valence-corrected chi connectivity index (χ2v) is 5.77. The summed E-state index contributed by atoms with van der Waals surface area (Å²) in [5, 5.41) is 8.94. The number of ether oxygens (including phenoxy) is 1. The molecule has 0 saturated carbocycles. The van der Waals surface area contributed by atoms with Gasteiger partial charge in [-0.3, -0.25) is 4.90 Å².